The number of amides is 2. The molecule has 0 spiro atoms. The van der Waals surface area contributed by atoms with Crippen LogP contribution in [0.15, 0.2) is 24.3 Å². The fourth-order valence-corrected chi connectivity index (χ4v) is 3.46. The number of carbonyl (C=O) groups excluding carboxylic acids is 2. The quantitative estimate of drug-likeness (QED) is 0.662. The maximum atomic E-state index is 12.2. The molecule has 1 fully saturated rings. The van der Waals surface area contributed by atoms with E-state index < -0.39 is 5.97 Å². The predicted molar refractivity (Wildman–Crippen MR) is 100 cm³/mol. The second-order valence-corrected chi connectivity index (χ2v) is 7.10. The fraction of sp³-hybridized carbons (Fsp3) is 0.550. The van der Waals surface area contributed by atoms with Crippen LogP contribution < -0.4 is 10.6 Å². The number of benzene rings is 1. The van der Waals surface area contributed by atoms with Gasteiger partial charge >= 0.3 is 5.97 Å². The summed E-state index contributed by atoms with van der Waals surface area (Å²) in [6.07, 6.45) is 6.70. The van der Waals surface area contributed by atoms with Crippen molar-refractivity contribution in [2.45, 2.75) is 51.9 Å². The monoisotopic (exact) mass is 360 g/mol. The van der Waals surface area contributed by atoms with Gasteiger partial charge in [0.1, 0.15) is 0 Å². The Morgan fingerprint density at radius 3 is 2.38 bits per heavy atom. The third-order valence-electron chi connectivity index (χ3n) is 5.02. The minimum Gasteiger partial charge on any atom is -0.481 e. The number of rotatable bonds is 8. The topological polar surface area (TPSA) is 95.5 Å². The van der Waals surface area contributed by atoms with Crippen LogP contribution in [0, 0.1) is 11.8 Å². The number of nitrogens with one attached hydrogen (secondary N) is 2. The van der Waals surface area contributed by atoms with E-state index in [1.807, 2.05) is 0 Å². The SMILES string of the molecule is CC(CC(=O)Nc1ccc(C(=O)NCCC(=O)O)cc1)C1CCCCC1. The van der Waals surface area contributed by atoms with Crippen LogP contribution in [0.4, 0.5) is 5.69 Å². The van der Waals surface area contributed by atoms with Gasteiger partial charge in [0.25, 0.3) is 5.91 Å². The zero-order valence-corrected chi connectivity index (χ0v) is 15.3. The molecule has 0 aliphatic heterocycles. The second kappa shape index (κ2) is 9.94. The molecule has 0 saturated heterocycles. The lowest BCUT2D eigenvalue weighted by molar-refractivity contribution is -0.136. The third kappa shape index (κ3) is 6.50. The van der Waals surface area contributed by atoms with Gasteiger partial charge in [-0.1, -0.05) is 39.0 Å². The normalized spacial score (nSPS) is 15.9. The van der Waals surface area contributed by atoms with Crippen molar-refractivity contribution < 1.29 is 19.5 Å². The number of hydrogen-bond donors (Lipinski definition) is 3. The lowest BCUT2D eigenvalue weighted by atomic mass is 9.79. The number of carbonyl (C=O) groups is 3. The molecule has 1 saturated carbocycles. The highest BCUT2D eigenvalue weighted by molar-refractivity contribution is 5.96. The molecule has 3 N–H and O–H groups in total. The van der Waals surface area contributed by atoms with E-state index in [-0.39, 0.29) is 24.8 Å². The summed E-state index contributed by atoms with van der Waals surface area (Å²) in [7, 11) is 0. The number of carboxylic acids is 1. The van der Waals surface area contributed by atoms with E-state index in [2.05, 4.69) is 17.6 Å². The van der Waals surface area contributed by atoms with Gasteiger partial charge in [-0.25, -0.2) is 0 Å². The molecule has 2 amide bonds. The Labute approximate surface area is 154 Å². The van der Waals surface area contributed by atoms with Gasteiger partial charge in [0.15, 0.2) is 0 Å². The first kappa shape index (κ1) is 19.9. The highest BCUT2D eigenvalue weighted by atomic mass is 16.4. The summed E-state index contributed by atoms with van der Waals surface area (Å²) < 4.78 is 0. The molecular formula is C20H28N2O4. The largest absolute Gasteiger partial charge is 0.481 e. The maximum Gasteiger partial charge on any atom is 0.305 e. The second-order valence-electron chi connectivity index (χ2n) is 7.10. The van der Waals surface area contributed by atoms with Gasteiger partial charge < -0.3 is 15.7 Å². The van der Waals surface area contributed by atoms with Crippen LogP contribution in [0.25, 0.3) is 0 Å². The first-order valence-corrected chi connectivity index (χ1v) is 9.35. The molecule has 26 heavy (non-hydrogen) atoms. The Morgan fingerprint density at radius 2 is 1.77 bits per heavy atom. The molecular weight excluding hydrogens is 332 g/mol. The van der Waals surface area contributed by atoms with Crippen LogP contribution in [0.3, 0.4) is 0 Å². The molecule has 6 heteroatoms. The van der Waals surface area contributed by atoms with E-state index in [4.69, 9.17) is 5.11 Å². The molecule has 0 bridgehead atoms. The lowest BCUT2D eigenvalue weighted by Gasteiger charge is -2.27. The highest BCUT2D eigenvalue weighted by Crippen LogP contribution is 2.31. The van der Waals surface area contributed by atoms with Crippen molar-refractivity contribution in [2.24, 2.45) is 11.8 Å². The van der Waals surface area contributed by atoms with Crippen molar-refractivity contribution in [3.63, 3.8) is 0 Å². The van der Waals surface area contributed by atoms with Crippen LogP contribution in [-0.4, -0.2) is 29.4 Å². The van der Waals surface area contributed by atoms with Gasteiger partial charge in [0.05, 0.1) is 6.42 Å². The van der Waals surface area contributed by atoms with E-state index in [9.17, 15) is 14.4 Å². The zero-order chi connectivity index (χ0) is 18.9. The van der Waals surface area contributed by atoms with Gasteiger partial charge in [-0.3, -0.25) is 14.4 Å². The number of anilines is 1. The van der Waals surface area contributed by atoms with E-state index in [1.54, 1.807) is 24.3 Å². The van der Waals surface area contributed by atoms with Crippen molar-refractivity contribution >= 4 is 23.5 Å². The molecule has 1 atom stereocenters. The Bertz CT molecular complexity index is 621. The van der Waals surface area contributed by atoms with E-state index in [0.29, 0.717) is 29.5 Å². The molecule has 1 aliphatic carbocycles. The summed E-state index contributed by atoms with van der Waals surface area (Å²) in [5.74, 6) is -0.247. The Hall–Kier alpha value is -2.37. The average molecular weight is 360 g/mol. The third-order valence-corrected chi connectivity index (χ3v) is 5.02. The van der Waals surface area contributed by atoms with Crippen molar-refractivity contribution in [1.82, 2.24) is 5.32 Å². The van der Waals surface area contributed by atoms with Crippen LogP contribution in [-0.2, 0) is 9.59 Å². The smallest absolute Gasteiger partial charge is 0.305 e. The van der Waals surface area contributed by atoms with Crippen LogP contribution in [0.5, 0.6) is 0 Å². The number of carboxylic acid groups (broad SMARTS) is 1. The molecule has 142 valence electrons. The summed E-state index contributed by atoms with van der Waals surface area (Å²) in [6, 6.07) is 6.62. The number of hydrogen-bond acceptors (Lipinski definition) is 3. The molecule has 1 unspecified atom stereocenters. The summed E-state index contributed by atoms with van der Waals surface area (Å²) in [4.78, 5) is 34.6. The highest BCUT2D eigenvalue weighted by Gasteiger charge is 2.22. The van der Waals surface area contributed by atoms with Crippen molar-refractivity contribution in [3.05, 3.63) is 29.8 Å². The summed E-state index contributed by atoms with van der Waals surface area (Å²) in [5, 5.41) is 14.0. The lowest BCUT2D eigenvalue weighted by Crippen LogP contribution is -2.26. The summed E-state index contributed by atoms with van der Waals surface area (Å²) >= 11 is 0. The molecule has 0 heterocycles. The fourth-order valence-electron chi connectivity index (χ4n) is 3.46. The van der Waals surface area contributed by atoms with Crippen LogP contribution in [0.2, 0.25) is 0 Å². The average Bonchev–Trinajstić information content (AvgIpc) is 2.62. The van der Waals surface area contributed by atoms with Crippen molar-refractivity contribution in [3.8, 4) is 0 Å². The van der Waals surface area contributed by atoms with Gasteiger partial charge in [-0.05, 0) is 36.1 Å². The van der Waals surface area contributed by atoms with Crippen molar-refractivity contribution in [1.29, 1.82) is 0 Å². The predicted octanol–water partition coefficient (Wildman–Crippen LogP) is 3.44. The van der Waals surface area contributed by atoms with E-state index >= 15 is 0 Å². The van der Waals surface area contributed by atoms with Gasteiger partial charge in [0.2, 0.25) is 5.91 Å². The van der Waals surface area contributed by atoms with Crippen LogP contribution in [0.1, 0.15) is 62.2 Å². The Morgan fingerprint density at radius 1 is 1.12 bits per heavy atom. The molecule has 0 aromatic heterocycles. The molecule has 6 nitrogen and oxygen atoms in total. The minimum absolute atomic E-state index is 0.00160. The zero-order valence-electron chi connectivity index (χ0n) is 15.3. The molecule has 1 aliphatic rings. The molecule has 0 radical (unpaired) electrons. The van der Waals surface area contributed by atoms with Gasteiger partial charge in [-0.2, -0.15) is 0 Å². The van der Waals surface area contributed by atoms with Gasteiger partial charge in [-0.15, -0.1) is 0 Å². The van der Waals surface area contributed by atoms with Crippen LogP contribution >= 0.6 is 0 Å². The first-order valence-electron chi connectivity index (χ1n) is 9.35. The van der Waals surface area contributed by atoms with Crippen molar-refractivity contribution in [2.75, 3.05) is 11.9 Å². The molecule has 1 aromatic carbocycles. The van der Waals surface area contributed by atoms with E-state index in [0.717, 1.165) is 0 Å². The maximum absolute atomic E-state index is 12.2. The number of aliphatic carboxylic acids is 1. The van der Waals surface area contributed by atoms with E-state index in [1.165, 1.54) is 32.1 Å². The summed E-state index contributed by atoms with van der Waals surface area (Å²) in [5.41, 5.74) is 1.09. The molecule has 2 rings (SSSR count). The minimum atomic E-state index is -0.953. The van der Waals surface area contributed by atoms with Gasteiger partial charge in [0, 0.05) is 24.2 Å². The standard InChI is InChI=1S/C20H28N2O4/c1-14(15-5-3-2-4-6-15)13-18(23)22-17-9-7-16(8-10-17)20(26)21-12-11-19(24)25/h7-10,14-15H,2-6,11-13H2,1H3,(H,21,26)(H,22,23)(H,24,25). The first-order chi connectivity index (χ1) is 12.5. The summed E-state index contributed by atoms with van der Waals surface area (Å²) in [6.45, 7) is 2.24. The molecule has 1 aromatic rings. The Balaban J connectivity index is 1.79. The Kier molecular flexibility index (Phi) is 7.63.